The van der Waals surface area contributed by atoms with E-state index >= 15 is 0 Å². The predicted octanol–water partition coefficient (Wildman–Crippen LogP) is 2.26. The number of hydrogen-bond acceptors (Lipinski definition) is 6. The van der Waals surface area contributed by atoms with Crippen molar-refractivity contribution < 1.29 is 14.6 Å². The van der Waals surface area contributed by atoms with Gasteiger partial charge in [0.25, 0.3) is 0 Å². The molecule has 1 heterocycles. The van der Waals surface area contributed by atoms with Crippen molar-refractivity contribution in [3.8, 4) is 22.8 Å². The molecule has 0 amide bonds. The maximum Gasteiger partial charge on any atom is 0.221 e. The fourth-order valence-corrected chi connectivity index (χ4v) is 2.37. The number of benzene rings is 2. The summed E-state index contributed by atoms with van der Waals surface area (Å²) in [6.07, 6.45) is 0. The van der Waals surface area contributed by atoms with Crippen molar-refractivity contribution >= 4 is 16.9 Å². The monoisotopic (exact) mass is 311 g/mol. The third kappa shape index (κ3) is 3.17. The Hall–Kier alpha value is -2.86. The zero-order chi connectivity index (χ0) is 16.2. The van der Waals surface area contributed by atoms with Gasteiger partial charge in [0.05, 0.1) is 24.9 Å². The van der Waals surface area contributed by atoms with E-state index in [1.54, 1.807) is 7.11 Å². The second kappa shape index (κ2) is 6.50. The van der Waals surface area contributed by atoms with E-state index < -0.39 is 0 Å². The van der Waals surface area contributed by atoms with Gasteiger partial charge in [-0.05, 0) is 24.3 Å². The van der Waals surface area contributed by atoms with Crippen LogP contribution in [0.1, 0.15) is 0 Å². The lowest BCUT2D eigenvalue weighted by atomic mass is 10.1. The van der Waals surface area contributed by atoms with Crippen LogP contribution < -0.4 is 15.2 Å². The molecular formula is C17H17N3O3. The maximum atomic E-state index is 8.87. The van der Waals surface area contributed by atoms with Crippen molar-refractivity contribution in [2.45, 2.75) is 0 Å². The van der Waals surface area contributed by atoms with Crippen LogP contribution >= 0.6 is 0 Å². The molecule has 0 atom stereocenters. The molecule has 0 unspecified atom stereocenters. The molecule has 0 fully saturated rings. The summed E-state index contributed by atoms with van der Waals surface area (Å²) in [4.78, 5) is 8.63. The highest BCUT2D eigenvalue weighted by Gasteiger charge is 2.10. The zero-order valence-electron chi connectivity index (χ0n) is 12.7. The summed E-state index contributed by atoms with van der Waals surface area (Å²) >= 11 is 0. The van der Waals surface area contributed by atoms with Crippen molar-refractivity contribution in [3.63, 3.8) is 0 Å². The SMILES string of the molecule is COc1ccc2c(-c3cccc(OCCO)c3)nc(N)nc2c1. The first-order chi connectivity index (χ1) is 11.2. The minimum Gasteiger partial charge on any atom is -0.497 e. The second-order valence-electron chi connectivity index (χ2n) is 4.91. The van der Waals surface area contributed by atoms with Crippen molar-refractivity contribution in [1.29, 1.82) is 0 Å². The molecule has 0 spiro atoms. The van der Waals surface area contributed by atoms with E-state index in [9.17, 15) is 0 Å². The molecule has 6 heteroatoms. The summed E-state index contributed by atoms with van der Waals surface area (Å²) < 4.78 is 10.7. The van der Waals surface area contributed by atoms with Crippen molar-refractivity contribution in [3.05, 3.63) is 42.5 Å². The fraction of sp³-hybridized carbons (Fsp3) is 0.176. The number of nitrogens with zero attached hydrogens (tertiary/aromatic N) is 2. The number of rotatable bonds is 5. The van der Waals surface area contributed by atoms with Gasteiger partial charge in [-0.2, -0.15) is 0 Å². The summed E-state index contributed by atoms with van der Waals surface area (Å²) in [6.45, 7) is 0.209. The molecule has 3 rings (SSSR count). The fourth-order valence-electron chi connectivity index (χ4n) is 2.37. The molecule has 0 radical (unpaired) electrons. The van der Waals surface area contributed by atoms with E-state index in [0.29, 0.717) is 17.0 Å². The molecule has 0 saturated heterocycles. The average Bonchev–Trinajstić information content (AvgIpc) is 2.58. The maximum absolute atomic E-state index is 8.87. The molecule has 3 N–H and O–H groups in total. The lowest BCUT2D eigenvalue weighted by Gasteiger charge is -2.10. The first-order valence-electron chi connectivity index (χ1n) is 7.16. The number of aliphatic hydroxyl groups is 1. The third-order valence-corrected chi connectivity index (χ3v) is 3.39. The van der Waals surface area contributed by atoms with Crippen molar-refractivity contribution in [2.75, 3.05) is 26.1 Å². The van der Waals surface area contributed by atoms with Crippen LogP contribution in [0.3, 0.4) is 0 Å². The topological polar surface area (TPSA) is 90.5 Å². The Kier molecular flexibility index (Phi) is 4.25. The number of nitrogens with two attached hydrogens (primary N) is 1. The number of aliphatic hydroxyl groups excluding tert-OH is 1. The Balaban J connectivity index is 2.12. The number of aromatic nitrogens is 2. The molecule has 0 aliphatic carbocycles. The van der Waals surface area contributed by atoms with Crippen LogP contribution in [0.15, 0.2) is 42.5 Å². The normalized spacial score (nSPS) is 10.7. The molecule has 6 nitrogen and oxygen atoms in total. The number of fused-ring (bicyclic) bond motifs is 1. The average molecular weight is 311 g/mol. The molecule has 3 aromatic rings. The largest absolute Gasteiger partial charge is 0.497 e. The van der Waals surface area contributed by atoms with Crippen LogP contribution in [0, 0.1) is 0 Å². The second-order valence-corrected chi connectivity index (χ2v) is 4.91. The van der Waals surface area contributed by atoms with Crippen molar-refractivity contribution in [1.82, 2.24) is 9.97 Å². The van der Waals surface area contributed by atoms with Gasteiger partial charge >= 0.3 is 0 Å². The van der Waals surface area contributed by atoms with E-state index in [1.807, 2.05) is 42.5 Å². The van der Waals surface area contributed by atoms with Crippen LogP contribution in [0.5, 0.6) is 11.5 Å². The Bertz CT molecular complexity index is 836. The number of methoxy groups -OCH3 is 1. The summed E-state index contributed by atoms with van der Waals surface area (Å²) in [5.74, 6) is 1.57. The van der Waals surface area contributed by atoms with E-state index in [4.69, 9.17) is 20.3 Å². The Morgan fingerprint density at radius 2 is 1.96 bits per heavy atom. The van der Waals surface area contributed by atoms with Gasteiger partial charge in [0, 0.05) is 17.0 Å². The van der Waals surface area contributed by atoms with Gasteiger partial charge in [0.15, 0.2) is 0 Å². The molecule has 23 heavy (non-hydrogen) atoms. The van der Waals surface area contributed by atoms with Gasteiger partial charge in [-0.3, -0.25) is 0 Å². The molecule has 0 aliphatic heterocycles. The number of anilines is 1. The number of hydrogen-bond donors (Lipinski definition) is 2. The molecule has 2 aromatic carbocycles. The van der Waals surface area contributed by atoms with Crippen LogP contribution in [-0.4, -0.2) is 35.4 Å². The molecule has 0 saturated carbocycles. The van der Waals surface area contributed by atoms with E-state index in [0.717, 1.165) is 16.6 Å². The minimum atomic E-state index is -0.0343. The number of nitrogen functional groups attached to an aromatic ring is 1. The van der Waals surface area contributed by atoms with Gasteiger partial charge in [0.1, 0.15) is 18.1 Å². The van der Waals surface area contributed by atoms with Gasteiger partial charge in [-0.15, -0.1) is 0 Å². The van der Waals surface area contributed by atoms with Gasteiger partial charge in [-0.1, -0.05) is 12.1 Å². The summed E-state index contributed by atoms with van der Waals surface area (Å²) in [5, 5.41) is 9.74. The minimum absolute atomic E-state index is 0.0343. The van der Waals surface area contributed by atoms with E-state index in [-0.39, 0.29) is 19.2 Å². The van der Waals surface area contributed by atoms with E-state index in [1.165, 1.54) is 0 Å². The number of ether oxygens (including phenoxy) is 2. The van der Waals surface area contributed by atoms with Crippen LogP contribution in [0.4, 0.5) is 5.95 Å². The summed E-state index contributed by atoms with van der Waals surface area (Å²) in [7, 11) is 1.61. The van der Waals surface area contributed by atoms with Gasteiger partial charge < -0.3 is 20.3 Å². The highest BCUT2D eigenvalue weighted by atomic mass is 16.5. The molecule has 118 valence electrons. The first-order valence-corrected chi connectivity index (χ1v) is 7.16. The quantitative estimate of drug-likeness (QED) is 0.751. The smallest absolute Gasteiger partial charge is 0.221 e. The Morgan fingerprint density at radius 1 is 1.09 bits per heavy atom. The van der Waals surface area contributed by atoms with Crippen LogP contribution in [0.2, 0.25) is 0 Å². The first kappa shape index (κ1) is 15.1. The van der Waals surface area contributed by atoms with Crippen molar-refractivity contribution in [2.24, 2.45) is 0 Å². The van der Waals surface area contributed by atoms with Crippen LogP contribution in [0.25, 0.3) is 22.2 Å². The highest BCUT2D eigenvalue weighted by molar-refractivity contribution is 5.94. The lowest BCUT2D eigenvalue weighted by molar-refractivity contribution is 0.201. The van der Waals surface area contributed by atoms with E-state index in [2.05, 4.69) is 9.97 Å². The summed E-state index contributed by atoms with van der Waals surface area (Å²) in [6, 6.07) is 13.1. The predicted molar refractivity (Wildman–Crippen MR) is 88.5 cm³/mol. The van der Waals surface area contributed by atoms with Crippen LogP contribution in [-0.2, 0) is 0 Å². The molecule has 1 aromatic heterocycles. The molecule has 0 bridgehead atoms. The standard InChI is InChI=1S/C17H17N3O3/c1-22-12-5-6-14-15(10-12)19-17(18)20-16(14)11-3-2-4-13(9-11)23-8-7-21/h2-6,9-10,21H,7-8H2,1H3,(H2,18,19,20). The highest BCUT2D eigenvalue weighted by Crippen LogP contribution is 2.30. The Labute approximate surface area is 133 Å². The van der Waals surface area contributed by atoms with Gasteiger partial charge in [0.2, 0.25) is 5.95 Å². The molecular weight excluding hydrogens is 294 g/mol. The Morgan fingerprint density at radius 3 is 2.74 bits per heavy atom. The summed E-state index contributed by atoms with van der Waals surface area (Å²) in [5.41, 5.74) is 8.15. The third-order valence-electron chi connectivity index (χ3n) is 3.39. The lowest BCUT2D eigenvalue weighted by Crippen LogP contribution is -2.02. The zero-order valence-corrected chi connectivity index (χ0v) is 12.7. The molecule has 0 aliphatic rings. The van der Waals surface area contributed by atoms with Gasteiger partial charge in [-0.25, -0.2) is 9.97 Å².